The minimum Gasteiger partial charge on any atom is -0.497 e. The SMILES string of the molecule is CCOCCCNC(=NCc1ccc(OC)cc1)NCCC(=O)NC(C)CC. The zero-order valence-electron chi connectivity index (χ0n) is 17.7. The third-order valence-corrected chi connectivity index (χ3v) is 4.21. The highest BCUT2D eigenvalue weighted by Gasteiger charge is 2.06. The lowest BCUT2D eigenvalue weighted by Crippen LogP contribution is -2.41. The van der Waals surface area contributed by atoms with E-state index < -0.39 is 0 Å². The fraction of sp³-hybridized carbons (Fsp3) is 0.619. The maximum absolute atomic E-state index is 11.9. The summed E-state index contributed by atoms with van der Waals surface area (Å²) in [6.45, 7) is 9.32. The maximum atomic E-state index is 11.9. The van der Waals surface area contributed by atoms with Crippen LogP contribution in [0.15, 0.2) is 29.3 Å². The number of amides is 1. The molecule has 3 N–H and O–H groups in total. The molecule has 1 amide bonds. The first-order chi connectivity index (χ1) is 13.6. The molecule has 1 aromatic carbocycles. The molecule has 7 heteroatoms. The van der Waals surface area contributed by atoms with Gasteiger partial charge in [0.25, 0.3) is 0 Å². The number of nitrogens with zero attached hydrogens (tertiary/aromatic N) is 1. The molecule has 0 fully saturated rings. The van der Waals surface area contributed by atoms with Crippen LogP contribution >= 0.6 is 0 Å². The summed E-state index contributed by atoms with van der Waals surface area (Å²) >= 11 is 0. The van der Waals surface area contributed by atoms with Crippen LogP contribution in [0.4, 0.5) is 0 Å². The summed E-state index contributed by atoms with van der Waals surface area (Å²) in [6.07, 6.45) is 2.23. The smallest absolute Gasteiger partial charge is 0.221 e. The van der Waals surface area contributed by atoms with Gasteiger partial charge in [-0.2, -0.15) is 0 Å². The van der Waals surface area contributed by atoms with Crippen molar-refractivity contribution in [1.82, 2.24) is 16.0 Å². The van der Waals surface area contributed by atoms with Gasteiger partial charge in [-0.1, -0.05) is 19.1 Å². The summed E-state index contributed by atoms with van der Waals surface area (Å²) < 4.78 is 10.5. The van der Waals surface area contributed by atoms with E-state index in [1.807, 2.05) is 38.1 Å². The number of guanidine groups is 1. The van der Waals surface area contributed by atoms with Gasteiger partial charge in [0.05, 0.1) is 13.7 Å². The molecule has 0 radical (unpaired) electrons. The van der Waals surface area contributed by atoms with E-state index >= 15 is 0 Å². The van der Waals surface area contributed by atoms with Gasteiger partial charge in [-0.15, -0.1) is 0 Å². The second-order valence-electron chi connectivity index (χ2n) is 6.54. The highest BCUT2D eigenvalue weighted by atomic mass is 16.5. The first-order valence-electron chi connectivity index (χ1n) is 10.1. The third-order valence-electron chi connectivity index (χ3n) is 4.21. The molecule has 0 aliphatic carbocycles. The summed E-state index contributed by atoms with van der Waals surface area (Å²) in [5, 5.41) is 9.51. The molecule has 1 aromatic rings. The van der Waals surface area contributed by atoms with Crippen LogP contribution in [0.25, 0.3) is 0 Å². The average Bonchev–Trinajstić information content (AvgIpc) is 2.71. The van der Waals surface area contributed by atoms with Gasteiger partial charge < -0.3 is 25.4 Å². The Bertz CT molecular complexity index is 576. The van der Waals surface area contributed by atoms with E-state index in [1.54, 1.807) is 7.11 Å². The lowest BCUT2D eigenvalue weighted by atomic mass is 10.2. The number of hydrogen-bond donors (Lipinski definition) is 3. The largest absolute Gasteiger partial charge is 0.497 e. The highest BCUT2D eigenvalue weighted by molar-refractivity contribution is 5.81. The van der Waals surface area contributed by atoms with Gasteiger partial charge in [-0.3, -0.25) is 4.79 Å². The van der Waals surface area contributed by atoms with Gasteiger partial charge in [0.15, 0.2) is 5.96 Å². The van der Waals surface area contributed by atoms with E-state index in [4.69, 9.17) is 9.47 Å². The monoisotopic (exact) mass is 392 g/mol. The second kappa shape index (κ2) is 14.7. The van der Waals surface area contributed by atoms with Crippen LogP contribution in [0.2, 0.25) is 0 Å². The van der Waals surface area contributed by atoms with Crippen LogP contribution in [0.1, 0.15) is 45.6 Å². The highest BCUT2D eigenvalue weighted by Crippen LogP contribution is 2.11. The minimum absolute atomic E-state index is 0.0488. The van der Waals surface area contributed by atoms with Crippen LogP contribution in [0.3, 0.4) is 0 Å². The molecule has 158 valence electrons. The lowest BCUT2D eigenvalue weighted by Gasteiger charge is -2.14. The average molecular weight is 393 g/mol. The van der Waals surface area contributed by atoms with Crippen molar-refractivity contribution in [3.05, 3.63) is 29.8 Å². The van der Waals surface area contributed by atoms with Crippen molar-refractivity contribution in [2.24, 2.45) is 4.99 Å². The lowest BCUT2D eigenvalue weighted by molar-refractivity contribution is -0.121. The Morgan fingerprint density at radius 3 is 2.50 bits per heavy atom. The molecular formula is C21H36N4O3. The number of benzene rings is 1. The molecule has 0 aliphatic heterocycles. The number of hydrogen-bond acceptors (Lipinski definition) is 4. The van der Waals surface area contributed by atoms with Crippen LogP contribution in [0, 0.1) is 0 Å². The van der Waals surface area contributed by atoms with E-state index in [9.17, 15) is 4.79 Å². The van der Waals surface area contributed by atoms with Crippen molar-refractivity contribution >= 4 is 11.9 Å². The van der Waals surface area contributed by atoms with Gasteiger partial charge in [-0.25, -0.2) is 4.99 Å². The Kier molecular flexibility index (Phi) is 12.5. The summed E-state index contributed by atoms with van der Waals surface area (Å²) in [6, 6.07) is 8.04. The Hall–Kier alpha value is -2.28. The Balaban J connectivity index is 2.52. The van der Waals surface area contributed by atoms with Gasteiger partial charge in [-0.05, 0) is 44.4 Å². The number of carbonyl (C=O) groups excluding carboxylic acids is 1. The number of aliphatic imine (C=N–C) groups is 1. The van der Waals surface area contributed by atoms with Crippen molar-refractivity contribution in [1.29, 1.82) is 0 Å². The molecule has 0 bridgehead atoms. The van der Waals surface area contributed by atoms with Gasteiger partial charge in [0.2, 0.25) is 5.91 Å². The molecule has 28 heavy (non-hydrogen) atoms. The Morgan fingerprint density at radius 2 is 1.86 bits per heavy atom. The van der Waals surface area contributed by atoms with Gasteiger partial charge in [0.1, 0.15) is 5.75 Å². The second-order valence-corrected chi connectivity index (χ2v) is 6.54. The summed E-state index contributed by atoms with van der Waals surface area (Å²) in [4.78, 5) is 16.5. The van der Waals surface area contributed by atoms with Crippen molar-refractivity contribution in [3.63, 3.8) is 0 Å². The molecule has 0 heterocycles. The topological polar surface area (TPSA) is 84.0 Å². The van der Waals surface area contributed by atoms with Crippen molar-refractivity contribution in [2.45, 2.75) is 52.6 Å². The van der Waals surface area contributed by atoms with E-state index in [0.29, 0.717) is 32.1 Å². The first-order valence-corrected chi connectivity index (χ1v) is 10.1. The van der Waals surface area contributed by atoms with Crippen LogP contribution < -0.4 is 20.7 Å². The van der Waals surface area contributed by atoms with Crippen molar-refractivity contribution < 1.29 is 14.3 Å². The summed E-state index contributed by atoms with van der Waals surface area (Å²) in [5.41, 5.74) is 1.09. The Morgan fingerprint density at radius 1 is 1.14 bits per heavy atom. The standard InChI is InChI=1S/C21H36N4O3/c1-5-17(3)25-20(26)12-14-23-21(22-13-7-15-28-6-2)24-16-18-8-10-19(27-4)11-9-18/h8-11,17H,5-7,12-16H2,1-4H3,(H,25,26)(H2,22,23,24). The molecular weight excluding hydrogens is 356 g/mol. The fourth-order valence-corrected chi connectivity index (χ4v) is 2.34. The number of rotatable bonds is 13. The minimum atomic E-state index is 0.0488. The Labute approximate surface area is 169 Å². The fourth-order valence-electron chi connectivity index (χ4n) is 2.34. The molecule has 0 saturated heterocycles. The zero-order chi connectivity index (χ0) is 20.6. The van der Waals surface area contributed by atoms with Gasteiger partial charge in [0, 0.05) is 38.8 Å². The molecule has 1 unspecified atom stereocenters. The third kappa shape index (κ3) is 10.8. The number of carbonyl (C=O) groups is 1. The molecule has 0 spiro atoms. The van der Waals surface area contributed by atoms with Crippen LogP contribution in [0.5, 0.6) is 5.75 Å². The number of nitrogens with one attached hydrogen (secondary N) is 3. The summed E-state index contributed by atoms with van der Waals surface area (Å²) in [7, 11) is 1.65. The van der Waals surface area contributed by atoms with Crippen molar-refractivity contribution in [3.8, 4) is 5.75 Å². The quantitative estimate of drug-likeness (QED) is 0.273. The number of methoxy groups -OCH3 is 1. The summed E-state index contributed by atoms with van der Waals surface area (Å²) in [5.74, 6) is 1.57. The van der Waals surface area contributed by atoms with Crippen molar-refractivity contribution in [2.75, 3.05) is 33.4 Å². The molecule has 0 aromatic heterocycles. The maximum Gasteiger partial charge on any atom is 0.221 e. The van der Waals surface area contributed by atoms with Crippen LogP contribution in [-0.4, -0.2) is 51.3 Å². The molecule has 0 aliphatic rings. The van der Waals surface area contributed by atoms with E-state index in [1.165, 1.54) is 0 Å². The van der Waals surface area contributed by atoms with E-state index in [-0.39, 0.29) is 11.9 Å². The predicted octanol–water partition coefficient (Wildman–Crippen LogP) is 2.46. The normalized spacial score (nSPS) is 12.4. The first kappa shape index (κ1) is 23.8. The van der Waals surface area contributed by atoms with E-state index in [2.05, 4.69) is 27.9 Å². The van der Waals surface area contributed by atoms with Gasteiger partial charge >= 0.3 is 0 Å². The predicted molar refractivity (Wildman–Crippen MR) is 114 cm³/mol. The molecule has 1 rings (SSSR count). The molecule has 1 atom stereocenters. The number of ether oxygens (including phenoxy) is 2. The van der Waals surface area contributed by atoms with E-state index in [0.717, 1.165) is 37.3 Å². The molecule has 0 saturated carbocycles. The van der Waals surface area contributed by atoms with Crippen LogP contribution in [-0.2, 0) is 16.1 Å². The molecule has 7 nitrogen and oxygen atoms in total. The zero-order valence-corrected chi connectivity index (χ0v) is 17.7.